The number of hydrogen-bond acceptors (Lipinski definition) is 4. The van der Waals surface area contributed by atoms with Crippen molar-refractivity contribution < 1.29 is 13.9 Å². The van der Waals surface area contributed by atoms with Gasteiger partial charge in [-0.25, -0.2) is 4.39 Å². The van der Waals surface area contributed by atoms with Gasteiger partial charge in [-0.05, 0) is 18.2 Å². The SMILES string of the molecule is COc1ccc(N)c(Oc2cccc(F)c2)n1. The molecule has 0 bridgehead atoms. The van der Waals surface area contributed by atoms with Crippen LogP contribution in [0.3, 0.4) is 0 Å². The highest BCUT2D eigenvalue weighted by molar-refractivity contribution is 5.50. The molecule has 0 radical (unpaired) electrons. The molecule has 0 fully saturated rings. The summed E-state index contributed by atoms with van der Waals surface area (Å²) in [4.78, 5) is 4.02. The summed E-state index contributed by atoms with van der Waals surface area (Å²) in [7, 11) is 1.49. The average Bonchev–Trinajstić information content (AvgIpc) is 2.32. The van der Waals surface area contributed by atoms with Crippen LogP contribution in [0.15, 0.2) is 36.4 Å². The molecule has 0 atom stereocenters. The Morgan fingerprint density at radius 2 is 2.06 bits per heavy atom. The predicted octanol–water partition coefficient (Wildman–Crippen LogP) is 2.60. The summed E-state index contributed by atoms with van der Waals surface area (Å²) >= 11 is 0. The fraction of sp³-hybridized carbons (Fsp3) is 0.0833. The van der Waals surface area contributed by atoms with E-state index in [0.717, 1.165) is 0 Å². The van der Waals surface area contributed by atoms with Crippen molar-refractivity contribution in [1.82, 2.24) is 4.98 Å². The summed E-state index contributed by atoms with van der Waals surface area (Å²) in [5.74, 6) is 0.516. The lowest BCUT2D eigenvalue weighted by molar-refractivity contribution is 0.384. The number of nitrogens with zero attached hydrogens (tertiary/aromatic N) is 1. The number of methoxy groups -OCH3 is 1. The molecule has 0 aliphatic carbocycles. The minimum absolute atomic E-state index is 0.190. The van der Waals surface area contributed by atoms with Crippen LogP contribution in [-0.2, 0) is 0 Å². The van der Waals surface area contributed by atoms with Crippen molar-refractivity contribution in [2.45, 2.75) is 0 Å². The second-order valence-corrected chi connectivity index (χ2v) is 3.31. The maximum Gasteiger partial charge on any atom is 0.246 e. The van der Waals surface area contributed by atoms with Gasteiger partial charge in [0.05, 0.1) is 12.8 Å². The van der Waals surface area contributed by atoms with Crippen molar-refractivity contribution in [3.05, 3.63) is 42.2 Å². The predicted molar refractivity (Wildman–Crippen MR) is 61.7 cm³/mol. The molecule has 2 rings (SSSR count). The lowest BCUT2D eigenvalue weighted by atomic mass is 10.3. The minimum atomic E-state index is -0.385. The molecule has 2 N–H and O–H groups in total. The Kier molecular flexibility index (Phi) is 3.09. The van der Waals surface area contributed by atoms with Crippen LogP contribution in [0, 0.1) is 5.82 Å². The second-order valence-electron chi connectivity index (χ2n) is 3.31. The Bertz CT molecular complexity index is 532. The van der Waals surface area contributed by atoms with Crippen molar-refractivity contribution >= 4 is 5.69 Å². The lowest BCUT2D eigenvalue weighted by Gasteiger charge is -2.08. The van der Waals surface area contributed by atoms with Crippen LogP contribution < -0.4 is 15.2 Å². The van der Waals surface area contributed by atoms with Crippen LogP contribution in [0.1, 0.15) is 0 Å². The molecule has 17 heavy (non-hydrogen) atoms. The topological polar surface area (TPSA) is 57.4 Å². The molecule has 5 heteroatoms. The van der Waals surface area contributed by atoms with E-state index in [9.17, 15) is 4.39 Å². The Balaban J connectivity index is 2.29. The first-order valence-electron chi connectivity index (χ1n) is 4.93. The van der Waals surface area contributed by atoms with Gasteiger partial charge >= 0.3 is 0 Å². The molecule has 0 aliphatic heterocycles. The van der Waals surface area contributed by atoms with Crippen LogP contribution >= 0.6 is 0 Å². The third-order valence-corrected chi connectivity index (χ3v) is 2.08. The van der Waals surface area contributed by atoms with E-state index in [1.54, 1.807) is 24.3 Å². The van der Waals surface area contributed by atoms with Crippen molar-refractivity contribution in [3.63, 3.8) is 0 Å². The zero-order chi connectivity index (χ0) is 12.3. The highest BCUT2D eigenvalue weighted by Gasteiger charge is 2.06. The van der Waals surface area contributed by atoms with Crippen LogP contribution in [0.2, 0.25) is 0 Å². The molecule has 2 aromatic rings. The van der Waals surface area contributed by atoms with Gasteiger partial charge in [0, 0.05) is 12.1 Å². The molecule has 0 unspecified atom stereocenters. The first kappa shape index (κ1) is 11.2. The lowest BCUT2D eigenvalue weighted by Crippen LogP contribution is -1.97. The number of nitrogens with two attached hydrogens (primary N) is 1. The molecular weight excluding hydrogens is 223 g/mol. The smallest absolute Gasteiger partial charge is 0.246 e. The van der Waals surface area contributed by atoms with Crippen molar-refractivity contribution in [3.8, 4) is 17.5 Å². The normalized spacial score (nSPS) is 10.0. The van der Waals surface area contributed by atoms with Gasteiger partial charge in [0.1, 0.15) is 11.6 Å². The molecule has 1 heterocycles. The van der Waals surface area contributed by atoms with E-state index in [4.69, 9.17) is 15.2 Å². The summed E-state index contributed by atoms with van der Waals surface area (Å²) in [6.07, 6.45) is 0. The summed E-state index contributed by atoms with van der Waals surface area (Å²) in [6, 6.07) is 8.97. The van der Waals surface area contributed by atoms with Gasteiger partial charge in [-0.2, -0.15) is 4.98 Å². The van der Waals surface area contributed by atoms with Crippen LogP contribution in [-0.4, -0.2) is 12.1 Å². The first-order valence-corrected chi connectivity index (χ1v) is 4.93. The molecule has 0 saturated heterocycles. The van der Waals surface area contributed by atoms with Gasteiger partial charge in [-0.1, -0.05) is 6.07 Å². The molecular formula is C12H11FN2O2. The van der Waals surface area contributed by atoms with Crippen molar-refractivity contribution in [1.29, 1.82) is 0 Å². The van der Waals surface area contributed by atoms with Crippen LogP contribution in [0.25, 0.3) is 0 Å². The first-order chi connectivity index (χ1) is 8.19. The van der Waals surface area contributed by atoms with Gasteiger partial charge in [0.25, 0.3) is 0 Å². The molecule has 0 spiro atoms. The van der Waals surface area contributed by atoms with Gasteiger partial charge in [-0.3, -0.25) is 0 Å². The maximum atomic E-state index is 13.0. The van der Waals surface area contributed by atoms with E-state index in [1.165, 1.54) is 19.2 Å². The summed E-state index contributed by atoms with van der Waals surface area (Å²) in [5.41, 5.74) is 6.05. The Hall–Kier alpha value is -2.30. The van der Waals surface area contributed by atoms with E-state index in [0.29, 0.717) is 17.3 Å². The number of aromatic nitrogens is 1. The highest BCUT2D eigenvalue weighted by atomic mass is 19.1. The highest BCUT2D eigenvalue weighted by Crippen LogP contribution is 2.27. The van der Waals surface area contributed by atoms with E-state index in [1.807, 2.05) is 0 Å². The monoisotopic (exact) mass is 234 g/mol. The van der Waals surface area contributed by atoms with Gasteiger partial charge in [0.15, 0.2) is 0 Å². The third-order valence-electron chi connectivity index (χ3n) is 2.08. The fourth-order valence-corrected chi connectivity index (χ4v) is 1.27. The number of benzene rings is 1. The van der Waals surface area contributed by atoms with Crippen molar-refractivity contribution in [2.75, 3.05) is 12.8 Å². The van der Waals surface area contributed by atoms with E-state index < -0.39 is 0 Å². The molecule has 1 aromatic heterocycles. The summed E-state index contributed by atoms with van der Waals surface area (Å²) in [5, 5.41) is 0. The molecule has 1 aromatic carbocycles. The number of nitrogen functional groups attached to an aromatic ring is 1. The van der Waals surface area contributed by atoms with Gasteiger partial charge in [0.2, 0.25) is 11.8 Å². The maximum absolute atomic E-state index is 13.0. The summed E-state index contributed by atoms with van der Waals surface area (Å²) < 4.78 is 23.3. The number of halogens is 1. The molecule has 0 aliphatic rings. The number of hydrogen-bond donors (Lipinski definition) is 1. The zero-order valence-electron chi connectivity index (χ0n) is 9.18. The number of pyridine rings is 1. The minimum Gasteiger partial charge on any atom is -0.481 e. The Morgan fingerprint density at radius 3 is 2.76 bits per heavy atom. The molecule has 88 valence electrons. The largest absolute Gasteiger partial charge is 0.481 e. The molecule has 0 saturated carbocycles. The standard InChI is InChI=1S/C12H11FN2O2/c1-16-11-6-5-10(14)12(15-11)17-9-4-2-3-8(13)7-9/h2-7H,14H2,1H3. The van der Waals surface area contributed by atoms with Crippen LogP contribution in [0.4, 0.5) is 10.1 Å². The second kappa shape index (κ2) is 4.69. The van der Waals surface area contributed by atoms with E-state index in [-0.39, 0.29) is 11.7 Å². The number of anilines is 1. The fourth-order valence-electron chi connectivity index (χ4n) is 1.27. The Morgan fingerprint density at radius 1 is 1.24 bits per heavy atom. The van der Waals surface area contributed by atoms with E-state index in [2.05, 4.69) is 4.98 Å². The zero-order valence-corrected chi connectivity index (χ0v) is 9.18. The van der Waals surface area contributed by atoms with Gasteiger partial charge in [-0.15, -0.1) is 0 Å². The molecule has 4 nitrogen and oxygen atoms in total. The van der Waals surface area contributed by atoms with Crippen molar-refractivity contribution in [2.24, 2.45) is 0 Å². The third kappa shape index (κ3) is 2.63. The average molecular weight is 234 g/mol. The van der Waals surface area contributed by atoms with Crippen LogP contribution in [0.5, 0.6) is 17.5 Å². The number of rotatable bonds is 3. The Labute approximate surface area is 97.8 Å². The quantitative estimate of drug-likeness (QED) is 0.886. The molecule has 0 amide bonds. The number of ether oxygens (including phenoxy) is 2. The summed E-state index contributed by atoms with van der Waals surface area (Å²) in [6.45, 7) is 0. The van der Waals surface area contributed by atoms with E-state index >= 15 is 0 Å². The van der Waals surface area contributed by atoms with Gasteiger partial charge < -0.3 is 15.2 Å².